The number of hydrogen-bond acceptors (Lipinski definition) is 6. The Morgan fingerprint density at radius 1 is 1.07 bits per heavy atom. The highest BCUT2D eigenvalue weighted by atomic mass is 32.1. The number of benzene rings is 1. The van der Waals surface area contributed by atoms with Crippen molar-refractivity contribution in [3.05, 3.63) is 29.8 Å². The van der Waals surface area contributed by atoms with Gasteiger partial charge in [0.1, 0.15) is 5.75 Å². The Balaban J connectivity index is 1.67. The maximum Gasteiger partial charge on any atom is 0.338 e. The highest BCUT2D eigenvalue weighted by molar-refractivity contribution is 7.80. The first-order valence-corrected chi connectivity index (χ1v) is 9.70. The van der Waals surface area contributed by atoms with E-state index in [2.05, 4.69) is 16.2 Å². The van der Waals surface area contributed by atoms with Crippen molar-refractivity contribution in [3.8, 4) is 5.75 Å². The summed E-state index contributed by atoms with van der Waals surface area (Å²) < 4.78 is 10.2. The lowest BCUT2D eigenvalue weighted by molar-refractivity contribution is -0.125. The molecule has 0 saturated heterocycles. The monoisotopic (exact) mass is 407 g/mol. The van der Waals surface area contributed by atoms with Gasteiger partial charge < -0.3 is 14.8 Å². The molecule has 0 unspecified atom stereocenters. The topological polar surface area (TPSA) is 106 Å². The number of rotatable bonds is 6. The largest absolute Gasteiger partial charge is 0.484 e. The van der Waals surface area contributed by atoms with Gasteiger partial charge in [-0.25, -0.2) is 4.79 Å². The van der Waals surface area contributed by atoms with Gasteiger partial charge in [-0.1, -0.05) is 19.3 Å². The third kappa shape index (κ3) is 7.15. The van der Waals surface area contributed by atoms with Crippen LogP contribution in [0.25, 0.3) is 0 Å². The second-order valence-corrected chi connectivity index (χ2v) is 6.77. The lowest BCUT2D eigenvalue weighted by Gasteiger charge is -2.21. The van der Waals surface area contributed by atoms with Crippen LogP contribution in [0.4, 0.5) is 0 Å². The molecule has 0 heterocycles. The van der Waals surface area contributed by atoms with Gasteiger partial charge in [0.2, 0.25) is 5.91 Å². The van der Waals surface area contributed by atoms with E-state index in [9.17, 15) is 14.4 Å². The lowest BCUT2D eigenvalue weighted by Crippen LogP contribution is -2.50. The van der Waals surface area contributed by atoms with Crippen molar-refractivity contribution in [3.63, 3.8) is 0 Å². The van der Waals surface area contributed by atoms with E-state index in [-0.39, 0.29) is 23.5 Å². The standard InChI is InChI=1S/C19H25N3O5S/c1-2-26-18(25)14-8-10-15(11-9-14)27-12-16(23)21-22-19(28)20-17(24)13-6-4-3-5-7-13/h8-11,13H,2-7,12H2,1H3,(H,21,23)(H2,20,22,24,28). The molecule has 28 heavy (non-hydrogen) atoms. The van der Waals surface area contributed by atoms with Gasteiger partial charge in [-0.2, -0.15) is 0 Å². The number of carbonyl (C=O) groups is 3. The molecule has 8 nitrogen and oxygen atoms in total. The molecule has 0 spiro atoms. The van der Waals surface area contributed by atoms with Gasteiger partial charge in [0.05, 0.1) is 12.2 Å². The van der Waals surface area contributed by atoms with Gasteiger partial charge in [0.15, 0.2) is 11.7 Å². The van der Waals surface area contributed by atoms with E-state index in [0.29, 0.717) is 17.9 Å². The number of hydrogen-bond donors (Lipinski definition) is 3. The van der Waals surface area contributed by atoms with Crippen molar-refractivity contribution in [1.29, 1.82) is 0 Å². The first kappa shape index (κ1) is 21.6. The fraction of sp³-hybridized carbons (Fsp3) is 0.474. The van der Waals surface area contributed by atoms with Crippen LogP contribution in [-0.2, 0) is 14.3 Å². The molecule has 0 bridgehead atoms. The minimum Gasteiger partial charge on any atom is -0.484 e. The van der Waals surface area contributed by atoms with Gasteiger partial charge in [0, 0.05) is 5.92 Å². The Morgan fingerprint density at radius 3 is 2.39 bits per heavy atom. The van der Waals surface area contributed by atoms with Crippen LogP contribution in [0.5, 0.6) is 5.75 Å². The zero-order chi connectivity index (χ0) is 20.4. The van der Waals surface area contributed by atoms with Crippen LogP contribution in [-0.4, -0.2) is 36.1 Å². The summed E-state index contributed by atoms with van der Waals surface area (Å²) in [5.74, 6) is -0.602. The molecule has 9 heteroatoms. The van der Waals surface area contributed by atoms with Crippen LogP contribution >= 0.6 is 12.2 Å². The van der Waals surface area contributed by atoms with E-state index in [0.717, 1.165) is 32.1 Å². The fourth-order valence-electron chi connectivity index (χ4n) is 2.82. The summed E-state index contributed by atoms with van der Waals surface area (Å²) in [6, 6.07) is 6.25. The van der Waals surface area contributed by atoms with Crippen molar-refractivity contribution >= 4 is 35.1 Å². The fourth-order valence-corrected chi connectivity index (χ4v) is 2.97. The molecule has 1 saturated carbocycles. The summed E-state index contributed by atoms with van der Waals surface area (Å²) in [6.45, 7) is 1.77. The van der Waals surface area contributed by atoms with Crippen LogP contribution in [0.1, 0.15) is 49.4 Å². The van der Waals surface area contributed by atoms with Gasteiger partial charge in [-0.15, -0.1) is 0 Å². The average Bonchev–Trinajstić information content (AvgIpc) is 2.72. The van der Waals surface area contributed by atoms with Gasteiger partial charge >= 0.3 is 5.97 Å². The quantitative estimate of drug-likeness (QED) is 0.375. The van der Waals surface area contributed by atoms with Crippen molar-refractivity contribution in [2.75, 3.05) is 13.2 Å². The Morgan fingerprint density at radius 2 is 1.75 bits per heavy atom. The first-order valence-electron chi connectivity index (χ1n) is 9.29. The molecule has 0 radical (unpaired) electrons. The summed E-state index contributed by atoms with van der Waals surface area (Å²) in [7, 11) is 0. The Labute approximate surface area is 169 Å². The molecule has 1 aromatic rings. The summed E-state index contributed by atoms with van der Waals surface area (Å²) in [5.41, 5.74) is 5.25. The van der Waals surface area contributed by atoms with E-state index >= 15 is 0 Å². The predicted molar refractivity (Wildman–Crippen MR) is 106 cm³/mol. The zero-order valence-corrected chi connectivity index (χ0v) is 16.6. The molecule has 1 aliphatic rings. The molecular weight excluding hydrogens is 382 g/mol. The first-order chi connectivity index (χ1) is 13.5. The van der Waals surface area contributed by atoms with Crippen molar-refractivity contribution in [1.82, 2.24) is 16.2 Å². The number of esters is 1. The molecule has 2 amide bonds. The second kappa shape index (κ2) is 11.2. The summed E-state index contributed by atoms with van der Waals surface area (Å²) in [5, 5.41) is 2.63. The highest BCUT2D eigenvalue weighted by Gasteiger charge is 2.21. The summed E-state index contributed by atoms with van der Waals surface area (Å²) >= 11 is 5.01. The van der Waals surface area contributed by atoms with E-state index in [1.165, 1.54) is 0 Å². The number of hydrazine groups is 1. The Hall–Kier alpha value is -2.68. The van der Waals surface area contributed by atoms with Crippen LogP contribution in [0, 0.1) is 5.92 Å². The molecular formula is C19H25N3O5S. The van der Waals surface area contributed by atoms with Crippen molar-refractivity contribution in [2.45, 2.75) is 39.0 Å². The molecule has 0 atom stereocenters. The summed E-state index contributed by atoms with van der Waals surface area (Å²) in [4.78, 5) is 35.5. The number of amides is 2. The number of nitrogens with one attached hydrogen (secondary N) is 3. The van der Waals surface area contributed by atoms with Crippen LogP contribution in [0.15, 0.2) is 24.3 Å². The number of carbonyl (C=O) groups excluding carboxylic acids is 3. The van der Waals surface area contributed by atoms with E-state index < -0.39 is 11.9 Å². The predicted octanol–water partition coefficient (Wildman–Crippen LogP) is 1.84. The van der Waals surface area contributed by atoms with Crippen LogP contribution in [0.2, 0.25) is 0 Å². The van der Waals surface area contributed by atoms with E-state index in [1.807, 2.05) is 0 Å². The molecule has 1 aliphatic carbocycles. The third-order valence-corrected chi connectivity index (χ3v) is 4.47. The molecule has 3 N–H and O–H groups in total. The smallest absolute Gasteiger partial charge is 0.338 e. The van der Waals surface area contributed by atoms with Gasteiger partial charge in [-0.05, 0) is 56.2 Å². The molecule has 152 valence electrons. The minimum atomic E-state index is -0.469. The minimum absolute atomic E-state index is 0.0230. The van der Waals surface area contributed by atoms with Gasteiger partial charge in [-0.3, -0.25) is 20.4 Å². The maximum absolute atomic E-state index is 12.1. The van der Waals surface area contributed by atoms with Crippen molar-refractivity contribution in [2.24, 2.45) is 5.92 Å². The zero-order valence-electron chi connectivity index (χ0n) is 15.8. The molecule has 0 aromatic heterocycles. The van der Waals surface area contributed by atoms with E-state index in [1.54, 1.807) is 31.2 Å². The maximum atomic E-state index is 12.1. The van der Waals surface area contributed by atoms with Crippen LogP contribution < -0.4 is 20.9 Å². The van der Waals surface area contributed by atoms with Crippen molar-refractivity contribution < 1.29 is 23.9 Å². The van der Waals surface area contributed by atoms with Crippen LogP contribution in [0.3, 0.4) is 0 Å². The summed E-state index contributed by atoms with van der Waals surface area (Å²) in [6.07, 6.45) is 4.99. The lowest BCUT2D eigenvalue weighted by atomic mass is 9.89. The Kier molecular flexibility index (Phi) is 8.67. The molecule has 1 aromatic carbocycles. The number of thiocarbonyl (C=S) groups is 1. The third-order valence-electron chi connectivity index (χ3n) is 4.26. The number of ether oxygens (including phenoxy) is 2. The Bertz CT molecular complexity index is 702. The molecule has 2 rings (SSSR count). The molecule has 1 fully saturated rings. The molecule has 0 aliphatic heterocycles. The highest BCUT2D eigenvalue weighted by Crippen LogP contribution is 2.23. The van der Waals surface area contributed by atoms with E-state index in [4.69, 9.17) is 21.7 Å². The van der Waals surface area contributed by atoms with Gasteiger partial charge in [0.25, 0.3) is 5.91 Å². The average molecular weight is 407 g/mol. The second-order valence-electron chi connectivity index (χ2n) is 6.36. The normalized spacial score (nSPS) is 13.9. The SMILES string of the molecule is CCOC(=O)c1ccc(OCC(=O)NNC(=S)NC(=O)C2CCCCC2)cc1.